The van der Waals surface area contributed by atoms with Crippen molar-refractivity contribution in [2.45, 2.75) is 95.1 Å². The van der Waals surface area contributed by atoms with E-state index in [1.54, 1.807) is 39.6 Å². The number of rotatable bonds is 10. The Morgan fingerprint density at radius 2 is 1.23 bits per heavy atom. The lowest BCUT2D eigenvalue weighted by atomic mass is 9.76. The second-order valence-electron chi connectivity index (χ2n) is 10.8. The number of nitrogens with zero attached hydrogens (tertiary/aromatic N) is 1. The van der Waals surface area contributed by atoms with Crippen molar-refractivity contribution < 1.29 is 23.9 Å². The first-order chi connectivity index (χ1) is 13.7. The molecule has 0 heterocycles. The van der Waals surface area contributed by atoms with Gasteiger partial charge in [-0.3, -0.25) is 19.2 Å². The quantitative estimate of drug-likeness (QED) is 0.280. The van der Waals surface area contributed by atoms with Crippen LogP contribution in [0, 0.1) is 16.2 Å². The van der Waals surface area contributed by atoms with E-state index in [1.165, 1.54) is 20.8 Å². The van der Waals surface area contributed by atoms with Crippen molar-refractivity contribution in [3.63, 3.8) is 0 Å². The summed E-state index contributed by atoms with van der Waals surface area (Å²) in [7, 11) is 1.69. The van der Waals surface area contributed by atoms with Crippen molar-refractivity contribution in [3.05, 3.63) is 11.1 Å². The van der Waals surface area contributed by atoms with Crippen LogP contribution in [0.5, 0.6) is 0 Å². The molecule has 0 radical (unpaired) electrons. The van der Waals surface area contributed by atoms with Crippen molar-refractivity contribution in [1.29, 1.82) is 0 Å². The molecule has 0 saturated carbocycles. The van der Waals surface area contributed by atoms with E-state index in [4.69, 9.17) is 4.74 Å². The summed E-state index contributed by atoms with van der Waals surface area (Å²) in [5.74, 6) is -1.12. The molecule has 6 heteroatoms. The van der Waals surface area contributed by atoms with E-state index in [9.17, 15) is 19.2 Å². The molecule has 0 aliphatic rings. The predicted octanol–water partition coefficient (Wildman–Crippen LogP) is 4.75. The highest BCUT2D eigenvalue weighted by Gasteiger charge is 2.45. The maximum Gasteiger partial charge on any atom is 0.319 e. The van der Waals surface area contributed by atoms with Gasteiger partial charge in [0.15, 0.2) is 5.78 Å². The number of Topliss-reactive ketones (excluding diaryl/α,β-unsaturated/α-hetero) is 2. The van der Waals surface area contributed by atoms with Crippen LogP contribution >= 0.6 is 0 Å². The molecule has 178 valence electrons. The van der Waals surface area contributed by atoms with Gasteiger partial charge in [0.2, 0.25) is 5.91 Å². The summed E-state index contributed by atoms with van der Waals surface area (Å²) in [4.78, 5) is 52.3. The molecule has 0 aromatic rings. The standard InChI is InChI=1S/C25H43NO5/c1-14-26(13)20(29)22(5,6)15-19(28)24(9,10)21(30)31-25(11,12)17(3)16(2)23(7,8)18(4)27/h14-15H2,1-13H3/b17-16-. The van der Waals surface area contributed by atoms with E-state index in [0.717, 1.165) is 11.1 Å². The zero-order chi connectivity index (χ0) is 25.2. The van der Waals surface area contributed by atoms with Crippen molar-refractivity contribution in [2.75, 3.05) is 13.6 Å². The Labute approximate surface area is 188 Å². The minimum absolute atomic E-state index is 0.0194. The predicted molar refractivity (Wildman–Crippen MR) is 124 cm³/mol. The Kier molecular flexibility index (Phi) is 9.04. The Hall–Kier alpha value is -1.98. The van der Waals surface area contributed by atoms with Crippen LogP contribution in [0.15, 0.2) is 11.1 Å². The van der Waals surface area contributed by atoms with Crippen molar-refractivity contribution in [3.8, 4) is 0 Å². The lowest BCUT2D eigenvalue weighted by Crippen LogP contribution is -2.45. The minimum atomic E-state index is -1.41. The van der Waals surface area contributed by atoms with E-state index >= 15 is 0 Å². The second kappa shape index (κ2) is 9.66. The number of carbonyl (C=O) groups is 4. The molecule has 0 fully saturated rings. The molecule has 0 N–H and O–H groups in total. The van der Waals surface area contributed by atoms with Gasteiger partial charge >= 0.3 is 5.97 Å². The Morgan fingerprint density at radius 1 is 0.774 bits per heavy atom. The summed E-state index contributed by atoms with van der Waals surface area (Å²) in [5, 5.41) is 0. The van der Waals surface area contributed by atoms with Crippen LogP contribution in [0.2, 0.25) is 0 Å². The first-order valence-corrected chi connectivity index (χ1v) is 10.9. The molecule has 0 saturated heterocycles. The van der Waals surface area contributed by atoms with Crippen LogP contribution < -0.4 is 0 Å². The summed E-state index contributed by atoms with van der Waals surface area (Å²) >= 11 is 0. The molecule has 31 heavy (non-hydrogen) atoms. The minimum Gasteiger partial charge on any atom is -0.454 e. The zero-order valence-corrected chi connectivity index (χ0v) is 21.9. The number of hydrogen-bond donors (Lipinski definition) is 0. The first-order valence-electron chi connectivity index (χ1n) is 10.9. The van der Waals surface area contributed by atoms with Crippen LogP contribution in [-0.4, -0.2) is 47.5 Å². The van der Waals surface area contributed by atoms with Gasteiger partial charge in [0.05, 0.1) is 5.41 Å². The lowest BCUT2D eigenvalue weighted by Gasteiger charge is -2.36. The first kappa shape index (κ1) is 29.0. The van der Waals surface area contributed by atoms with E-state index in [1.807, 2.05) is 34.6 Å². The molecule has 1 amide bonds. The summed E-state index contributed by atoms with van der Waals surface area (Å²) < 4.78 is 5.80. The zero-order valence-electron chi connectivity index (χ0n) is 21.9. The Morgan fingerprint density at radius 3 is 1.61 bits per heavy atom. The Balaban J connectivity index is 5.73. The van der Waals surface area contributed by atoms with Gasteiger partial charge in [0, 0.05) is 25.4 Å². The van der Waals surface area contributed by atoms with Crippen molar-refractivity contribution >= 4 is 23.4 Å². The smallest absolute Gasteiger partial charge is 0.319 e. The molecule has 0 aromatic carbocycles. The number of ether oxygens (including phenoxy) is 1. The third-order valence-electron chi connectivity index (χ3n) is 6.84. The highest BCUT2D eigenvalue weighted by molar-refractivity contribution is 6.04. The average Bonchev–Trinajstić information content (AvgIpc) is 2.64. The number of amides is 1. The SMILES string of the molecule is CCN(C)C(=O)C(C)(C)CC(=O)C(C)(C)C(=O)OC(C)(C)/C(C)=C(/C)C(C)(C)C(C)=O. The maximum absolute atomic E-state index is 13.1. The summed E-state index contributed by atoms with van der Waals surface area (Å²) in [6, 6.07) is 0. The van der Waals surface area contributed by atoms with E-state index in [-0.39, 0.29) is 23.9 Å². The number of ketones is 2. The third-order valence-corrected chi connectivity index (χ3v) is 6.84. The van der Waals surface area contributed by atoms with Gasteiger partial charge in [-0.25, -0.2) is 0 Å². The number of carbonyl (C=O) groups excluding carboxylic acids is 4. The topological polar surface area (TPSA) is 80.8 Å². The molecule has 0 rings (SSSR count). The summed E-state index contributed by atoms with van der Waals surface area (Å²) in [6.07, 6.45) is -0.0656. The normalized spacial score (nSPS) is 14.0. The van der Waals surface area contributed by atoms with Gasteiger partial charge in [0.25, 0.3) is 0 Å². The van der Waals surface area contributed by atoms with Gasteiger partial charge in [-0.1, -0.05) is 19.4 Å². The van der Waals surface area contributed by atoms with Crippen LogP contribution in [0.1, 0.15) is 89.5 Å². The molecule has 0 spiro atoms. The fourth-order valence-corrected chi connectivity index (χ4v) is 3.09. The molecule has 0 bridgehead atoms. The van der Waals surface area contributed by atoms with Crippen LogP contribution in [0.3, 0.4) is 0 Å². The number of esters is 1. The largest absolute Gasteiger partial charge is 0.454 e. The molecule has 6 nitrogen and oxygen atoms in total. The molecule has 0 atom stereocenters. The van der Waals surface area contributed by atoms with E-state index in [2.05, 4.69) is 0 Å². The maximum atomic E-state index is 13.1. The third kappa shape index (κ3) is 6.50. The fourth-order valence-electron chi connectivity index (χ4n) is 3.09. The summed E-state index contributed by atoms with van der Waals surface area (Å²) in [6.45, 7) is 21.3. The van der Waals surface area contributed by atoms with Crippen molar-refractivity contribution in [1.82, 2.24) is 4.90 Å². The van der Waals surface area contributed by atoms with E-state index in [0.29, 0.717) is 6.54 Å². The molecular weight excluding hydrogens is 394 g/mol. The molecule has 0 aromatic heterocycles. The second-order valence-corrected chi connectivity index (χ2v) is 10.8. The van der Waals surface area contributed by atoms with Crippen LogP contribution in [-0.2, 0) is 23.9 Å². The highest BCUT2D eigenvalue weighted by Crippen LogP contribution is 2.37. The van der Waals surface area contributed by atoms with E-state index < -0.39 is 27.8 Å². The van der Waals surface area contributed by atoms with Gasteiger partial charge in [-0.05, 0) is 74.8 Å². The monoisotopic (exact) mass is 437 g/mol. The average molecular weight is 438 g/mol. The van der Waals surface area contributed by atoms with Crippen LogP contribution in [0.4, 0.5) is 0 Å². The highest BCUT2D eigenvalue weighted by atomic mass is 16.6. The number of hydrogen-bond acceptors (Lipinski definition) is 5. The molecule has 0 aliphatic carbocycles. The summed E-state index contributed by atoms with van der Waals surface area (Å²) in [5.41, 5.74) is -2.43. The van der Waals surface area contributed by atoms with Crippen LogP contribution in [0.25, 0.3) is 0 Å². The molecule has 0 unspecified atom stereocenters. The lowest BCUT2D eigenvalue weighted by molar-refractivity contribution is -0.168. The Bertz CT molecular complexity index is 769. The van der Waals surface area contributed by atoms with Gasteiger partial charge < -0.3 is 9.64 Å². The van der Waals surface area contributed by atoms with Crippen molar-refractivity contribution in [2.24, 2.45) is 16.2 Å². The van der Waals surface area contributed by atoms with Gasteiger partial charge in [-0.2, -0.15) is 0 Å². The fraction of sp³-hybridized carbons (Fsp3) is 0.760. The molecular formula is C25H43NO5. The number of allylic oxidation sites excluding steroid dienone is 1. The van der Waals surface area contributed by atoms with Gasteiger partial charge in [-0.15, -0.1) is 0 Å². The molecule has 0 aliphatic heterocycles. The van der Waals surface area contributed by atoms with Gasteiger partial charge in [0.1, 0.15) is 16.8 Å².